The number of carbonyl (C=O) groups excluding carboxylic acids is 1. The van der Waals surface area contributed by atoms with Crippen LogP contribution in [0.4, 0.5) is 0 Å². The van der Waals surface area contributed by atoms with E-state index in [0.717, 1.165) is 19.6 Å². The van der Waals surface area contributed by atoms with Crippen molar-refractivity contribution in [3.05, 3.63) is 18.2 Å². The molecule has 13 heavy (non-hydrogen) atoms. The average Bonchev–Trinajstić information content (AvgIpc) is 2.52. The number of aromatic amines is 1. The number of imidazole rings is 1. The molecule has 1 amide bonds. The van der Waals surface area contributed by atoms with E-state index in [0.29, 0.717) is 11.6 Å². The van der Waals surface area contributed by atoms with Crippen LogP contribution in [0.2, 0.25) is 0 Å². The van der Waals surface area contributed by atoms with E-state index in [-0.39, 0.29) is 5.91 Å². The van der Waals surface area contributed by atoms with Gasteiger partial charge in [-0.05, 0) is 0 Å². The number of amides is 1. The molecule has 1 fully saturated rings. The Labute approximate surface area is 75.9 Å². The molecule has 0 atom stereocenters. The molecule has 5 nitrogen and oxygen atoms in total. The first-order chi connectivity index (χ1) is 6.36. The summed E-state index contributed by atoms with van der Waals surface area (Å²) in [6, 6.07) is 0. The predicted octanol–water partition coefficient (Wildman–Crippen LogP) is -0.641. The van der Waals surface area contributed by atoms with Crippen molar-refractivity contribution in [1.29, 1.82) is 0 Å². The third-order valence-electron chi connectivity index (χ3n) is 2.16. The van der Waals surface area contributed by atoms with E-state index in [9.17, 15) is 4.79 Å². The fourth-order valence-corrected chi connectivity index (χ4v) is 1.21. The third kappa shape index (κ3) is 1.86. The molecule has 2 rings (SSSR count). The molecule has 0 aliphatic carbocycles. The van der Waals surface area contributed by atoms with Gasteiger partial charge in [0.2, 0.25) is 0 Å². The van der Waals surface area contributed by atoms with Gasteiger partial charge in [-0.25, -0.2) is 4.98 Å². The first kappa shape index (κ1) is 8.25. The van der Waals surface area contributed by atoms with Crippen LogP contribution in [0.3, 0.4) is 0 Å². The average molecular weight is 180 g/mol. The van der Waals surface area contributed by atoms with Gasteiger partial charge in [-0.15, -0.1) is 0 Å². The molecular formula is C8H12N4O. The van der Waals surface area contributed by atoms with Crippen LogP contribution < -0.4 is 10.6 Å². The van der Waals surface area contributed by atoms with Crippen molar-refractivity contribution in [3.8, 4) is 0 Å². The van der Waals surface area contributed by atoms with Crippen LogP contribution in [-0.4, -0.2) is 35.5 Å². The highest BCUT2D eigenvalue weighted by atomic mass is 16.1. The standard InChI is InChI=1S/C8H12N4O/c13-8(7-4-10-5-12-7)11-3-6-1-9-2-6/h4-6,9H,1-3H2,(H,10,12)(H,11,13). The lowest BCUT2D eigenvalue weighted by Crippen LogP contribution is -2.48. The molecule has 1 aliphatic heterocycles. The molecule has 0 bridgehead atoms. The van der Waals surface area contributed by atoms with Crippen LogP contribution in [0, 0.1) is 5.92 Å². The minimum absolute atomic E-state index is 0.0793. The van der Waals surface area contributed by atoms with E-state index < -0.39 is 0 Å². The highest BCUT2D eigenvalue weighted by molar-refractivity contribution is 5.91. The van der Waals surface area contributed by atoms with Gasteiger partial charge in [-0.2, -0.15) is 0 Å². The molecule has 1 aromatic rings. The first-order valence-corrected chi connectivity index (χ1v) is 4.33. The first-order valence-electron chi connectivity index (χ1n) is 4.33. The van der Waals surface area contributed by atoms with Gasteiger partial charge in [0.25, 0.3) is 5.91 Å². The monoisotopic (exact) mass is 180 g/mol. The maximum atomic E-state index is 11.3. The molecule has 0 unspecified atom stereocenters. The van der Waals surface area contributed by atoms with Crippen LogP contribution in [-0.2, 0) is 0 Å². The molecule has 1 aromatic heterocycles. The van der Waals surface area contributed by atoms with E-state index >= 15 is 0 Å². The van der Waals surface area contributed by atoms with E-state index in [1.54, 1.807) is 0 Å². The molecule has 0 spiro atoms. The Hall–Kier alpha value is -1.36. The number of hydrogen-bond donors (Lipinski definition) is 3. The minimum Gasteiger partial charge on any atom is -0.350 e. The lowest BCUT2D eigenvalue weighted by atomic mass is 10.0. The molecule has 0 saturated carbocycles. The van der Waals surface area contributed by atoms with Crippen LogP contribution in [0.15, 0.2) is 12.5 Å². The van der Waals surface area contributed by atoms with Gasteiger partial charge in [0.05, 0.1) is 12.5 Å². The van der Waals surface area contributed by atoms with Crippen molar-refractivity contribution in [3.63, 3.8) is 0 Å². The van der Waals surface area contributed by atoms with Gasteiger partial charge in [0.1, 0.15) is 5.69 Å². The quantitative estimate of drug-likeness (QED) is 0.579. The van der Waals surface area contributed by atoms with Gasteiger partial charge in [0.15, 0.2) is 0 Å². The Morgan fingerprint density at radius 2 is 2.54 bits per heavy atom. The summed E-state index contributed by atoms with van der Waals surface area (Å²) in [6.45, 7) is 2.75. The zero-order valence-corrected chi connectivity index (χ0v) is 7.21. The minimum atomic E-state index is -0.0793. The molecular weight excluding hydrogens is 168 g/mol. The number of hydrogen-bond acceptors (Lipinski definition) is 3. The second-order valence-corrected chi connectivity index (χ2v) is 3.20. The lowest BCUT2D eigenvalue weighted by molar-refractivity contribution is 0.0938. The summed E-state index contributed by atoms with van der Waals surface area (Å²) in [6.07, 6.45) is 3.02. The van der Waals surface area contributed by atoms with Crippen molar-refractivity contribution >= 4 is 5.91 Å². The van der Waals surface area contributed by atoms with Crippen LogP contribution >= 0.6 is 0 Å². The second kappa shape index (κ2) is 3.57. The molecule has 5 heteroatoms. The molecule has 2 heterocycles. The fraction of sp³-hybridized carbons (Fsp3) is 0.500. The van der Waals surface area contributed by atoms with Gasteiger partial charge in [-0.1, -0.05) is 0 Å². The number of nitrogens with one attached hydrogen (secondary N) is 3. The number of nitrogens with zero attached hydrogens (tertiary/aromatic N) is 1. The normalized spacial score (nSPS) is 16.6. The highest BCUT2D eigenvalue weighted by Crippen LogP contribution is 2.00. The van der Waals surface area contributed by atoms with Gasteiger partial charge in [-0.3, -0.25) is 4.79 Å². The number of aromatic nitrogens is 2. The summed E-state index contributed by atoms with van der Waals surface area (Å²) in [4.78, 5) is 17.9. The molecule has 0 radical (unpaired) electrons. The van der Waals surface area contributed by atoms with Gasteiger partial charge in [0, 0.05) is 25.6 Å². The van der Waals surface area contributed by atoms with E-state index in [1.165, 1.54) is 12.5 Å². The van der Waals surface area contributed by atoms with Crippen LogP contribution in [0.1, 0.15) is 10.5 Å². The Kier molecular flexibility index (Phi) is 2.27. The van der Waals surface area contributed by atoms with E-state index in [2.05, 4.69) is 20.6 Å². The molecule has 0 aromatic carbocycles. The summed E-state index contributed by atoms with van der Waals surface area (Å²) in [5, 5.41) is 5.99. The second-order valence-electron chi connectivity index (χ2n) is 3.20. The number of carbonyl (C=O) groups is 1. The smallest absolute Gasteiger partial charge is 0.269 e. The maximum Gasteiger partial charge on any atom is 0.269 e. The summed E-state index contributed by atoms with van der Waals surface area (Å²) in [5.41, 5.74) is 0.521. The number of rotatable bonds is 3. The zero-order chi connectivity index (χ0) is 9.10. The SMILES string of the molecule is O=C(NCC1CNC1)c1cnc[nH]1. The largest absolute Gasteiger partial charge is 0.350 e. The summed E-state index contributed by atoms with van der Waals surface area (Å²) >= 11 is 0. The molecule has 1 aliphatic rings. The van der Waals surface area contributed by atoms with E-state index in [4.69, 9.17) is 0 Å². The Balaban J connectivity index is 1.78. The van der Waals surface area contributed by atoms with Crippen molar-refractivity contribution in [1.82, 2.24) is 20.6 Å². The van der Waals surface area contributed by atoms with E-state index in [1.807, 2.05) is 0 Å². The topological polar surface area (TPSA) is 69.8 Å². The van der Waals surface area contributed by atoms with Crippen LogP contribution in [0.5, 0.6) is 0 Å². The lowest BCUT2D eigenvalue weighted by Gasteiger charge is -2.26. The van der Waals surface area contributed by atoms with Crippen molar-refractivity contribution < 1.29 is 4.79 Å². The van der Waals surface area contributed by atoms with Crippen molar-refractivity contribution in [2.75, 3.05) is 19.6 Å². The maximum absolute atomic E-state index is 11.3. The van der Waals surface area contributed by atoms with Gasteiger partial charge >= 0.3 is 0 Å². The summed E-state index contributed by atoms with van der Waals surface area (Å²) in [7, 11) is 0. The zero-order valence-electron chi connectivity index (χ0n) is 7.21. The van der Waals surface area contributed by atoms with Crippen molar-refractivity contribution in [2.45, 2.75) is 0 Å². The molecule has 1 saturated heterocycles. The predicted molar refractivity (Wildman–Crippen MR) is 47.3 cm³/mol. The molecule has 3 N–H and O–H groups in total. The third-order valence-corrected chi connectivity index (χ3v) is 2.16. The number of H-pyrrole nitrogens is 1. The van der Waals surface area contributed by atoms with Gasteiger partial charge < -0.3 is 15.6 Å². The van der Waals surface area contributed by atoms with Crippen LogP contribution in [0.25, 0.3) is 0 Å². The molecule has 70 valence electrons. The summed E-state index contributed by atoms with van der Waals surface area (Å²) in [5.74, 6) is 0.510. The highest BCUT2D eigenvalue weighted by Gasteiger charge is 2.17. The summed E-state index contributed by atoms with van der Waals surface area (Å²) < 4.78 is 0. The Morgan fingerprint density at radius 1 is 1.69 bits per heavy atom. The fourth-order valence-electron chi connectivity index (χ4n) is 1.21. The Morgan fingerprint density at radius 3 is 3.08 bits per heavy atom. The Bertz CT molecular complexity index is 278. The van der Waals surface area contributed by atoms with Crippen molar-refractivity contribution in [2.24, 2.45) is 5.92 Å².